The molecule has 3 rings (SSSR count). The van der Waals surface area contributed by atoms with E-state index in [9.17, 15) is 9.59 Å². The van der Waals surface area contributed by atoms with E-state index >= 15 is 0 Å². The van der Waals surface area contributed by atoms with Crippen LogP contribution < -0.4 is 15.4 Å². The summed E-state index contributed by atoms with van der Waals surface area (Å²) < 4.78 is 11.0. The van der Waals surface area contributed by atoms with Crippen molar-refractivity contribution in [2.24, 2.45) is 0 Å². The van der Waals surface area contributed by atoms with Gasteiger partial charge in [0.05, 0.1) is 17.7 Å². The lowest BCUT2D eigenvalue weighted by Crippen LogP contribution is -2.47. The first kappa shape index (κ1) is 24.3. The molecule has 2 N–H and O–H groups in total. The van der Waals surface area contributed by atoms with Crippen molar-refractivity contribution in [2.45, 2.75) is 39.8 Å². The topological polar surface area (TPSA) is 79.9 Å². The number of carbonyl (C=O) groups excluding carboxylic acids is 2. The molecule has 2 aromatic rings. The average Bonchev–Trinajstić information content (AvgIpc) is 2.78. The van der Waals surface area contributed by atoms with Crippen molar-refractivity contribution in [2.75, 3.05) is 18.5 Å². The Morgan fingerprint density at radius 3 is 2.39 bits per heavy atom. The third-order valence-electron chi connectivity index (χ3n) is 5.12. The summed E-state index contributed by atoms with van der Waals surface area (Å²) >= 11 is 5.52. The van der Waals surface area contributed by atoms with Crippen LogP contribution in [0.1, 0.15) is 39.3 Å². The Morgan fingerprint density at radius 1 is 1.12 bits per heavy atom. The van der Waals surface area contributed by atoms with Crippen LogP contribution in [-0.2, 0) is 14.3 Å². The zero-order chi connectivity index (χ0) is 24.0. The number of allylic oxidation sites excluding steroid dienone is 1. The second-order valence-corrected chi connectivity index (χ2v) is 8.24. The highest BCUT2D eigenvalue weighted by Gasteiger charge is 2.34. The molecule has 0 fully saturated rings. The van der Waals surface area contributed by atoms with Crippen molar-refractivity contribution in [3.05, 3.63) is 71.4 Å². The predicted molar refractivity (Wildman–Crippen MR) is 132 cm³/mol. The molecule has 2 aromatic carbocycles. The molecule has 1 aliphatic heterocycles. The fraction of sp³-hybridized carbons (Fsp3) is 0.320. The number of benzene rings is 2. The van der Waals surface area contributed by atoms with Crippen molar-refractivity contribution in [1.82, 2.24) is 10.2 Å². The van der Waals surface area contributed by atoms with E-state index in [-0.39, 0.29) is 24.6 Å². The minimum atomic E-state index is -0.447. The Hall–Kier alpha value is -3.39. The van der Waals surface area contributed by atoms with E-state index in [1.54, 1.807) is 24.3 Å². The number of thiocarbonyl (C=S) groups is 1. The van der Waals surface area contributed by atoms with E-state index in [2.05, 4.69) is 10.6 Å². The molecule has 0 saturated carbocycles. The van der Waals surface area contributed by atoms with Gasteiger partial charge in [-0.1, -0.05) is 30.3 Å². The Bertz CT molecular complexity index is 1040. The van der Waals surface area contributed by atoms with E-state index in [0.29, 0.717) is 28.7 Å². The van der Waals surface area contributed by atoms with Crippen LogP contribution in [0.4, 0.5) is 5.69 Å². The van der Waals surface area contributed by atoms with Crippen molar-refractivity contribution in [3.63, 3.8) is 0 Å². The quantitative estimate of drug-likeness (QED) is 0.445. The van der Waals surface area contributed by atoms with Gasteiger partial charge in [0.25, 0.3) is 5.91 Å². The van der Waals surface area contributed by atoms with E-state index in [0.717, 1.165) is 11.3 Å². The standard InChI is InChI=1S/C25H29N3O4S/c1-5-28-17(4)22(24(30)32-16(2)3)23(27-25(28)33)18-11-13-19(14-12-18)26-21(29)15-31-20-9-7-6-8-10-20/h6-14,16,23H,5,15H2,1-4H3,(H,26,29)(H,27,33). The summed E-state index contributed by atoms with van der Waals surface area (Å²) in [6.07, 6.45) is -0.238. The first-order valence-corrected chi connectivity index (χ1v) is 11.3. The van der Waals surface area contributed by atoms with Gasteiger partial charge < -0.3 is 25.0 Å². The average molecular weight is 468 g/mol. The smallest absolute Gasteiger partial charge is 0.338 e. The first-order valence-electron chi connectivity index (χ1n) is 10.9. The summed E-state index contributed by atoms with van der Waals surface area (Å²) in [6, 6.07) is 16.0. The summed E-state index contributed by atoms with van der Waals surface area (Å²) in [7, 11) is 0. The monoisotopic (exact) mass is 467 g/mol. The van der Waals surface area contributed by atoms with Crippen molar-refractivity contribution in [3.8, 4) is 5.75 Å². The fourth-order valence-electron chi connectivity index (χ4n) is 3.58. The van der Waals surface area contributed by atoms with Crippen LogP contribution in [-0.4, -0.2) is 41.1 Å². The third kappa shape index (κ3) is 6.10. The molecule has 1 atom stereocenters. The number of anilines is 1. The predicted octanol–water partition coefficient (Wildman–Crippen LogP) is 4.18. The molecule has 0 bridgehead atoms. The number of nitrogens with one attached hydrogen (secondary N) is 2. The Morgan fingerprint density at radius 2 is 1.79 bits per heavy atom. The second-order valence-electron chi connectivity index (χ2n) is 7.85. The normalized spacial score (nSPS) is 15.8. The van der Waals surface area contributed by atoms with Gasteiger partial charge in [0.15, 0.2) is 11.7 Å². The minimum absolute atomic E-state index is 0.0931. The third-order valence-corrected chi connectivity index (χ3v) is 5.45. The van der Waals surface area contributed by atoms with Gasteiger partial charge in [-0.05, 0) is 69.7 Å². The summed E-state index contributed by atoms with van der Waals surface area (Å²) in [6.45, 7) is 8.04. The molecule has 1 aliphatic rings. The van der Waals surface area contributed by atoms with Crippen LogP contribution in [0.15, 0.2) is 65.9 Å². The SMILES string of the molecule is CCN1C(=S)NC(c2ccc(NC(=O)COc3ccccc3)cc2)C(C(=O)OC(C)C)=C1C. The molecule has 0 saturated heterocycles. The molecular weight excluding hydrogens is 438 g/mol. The number of para-hydroxylation sites is 1. The molecule has 0 spiro atoms. The molecule has 8 heteroatoms. The molecule has 1 unspecified atom stereocenters. The zero-order valence-corrected chi connectivity index (χ0v) is 20.1. The summed E-state index contributed by atoms with van der Waals surface area (Å²) in [4.78, 5) is 27.0. The van der Waals surface area contributed by atoms with E-state index < -0.39 is 6.04 Å². The minimum Gasteiger partial charge on any atom is -0.484 e. The van der Waals surface area contributed by atoms with Gasteiger partial charge in [-0.2, -0.15) is 0 Å². The first-order chi connectivity index (χ1) is 15.8. The molecule has 1 amide bonds. The highest BCUT2D eigenvalue weighted by Crippen LogP contribution is 2.32. The maximum atomic E-state index is 12.9. The van der Waals surface area contributed by atoms with Gasteiger partial charge >= 0.3 is 5.97 Å². The van der Waals surface area contributed by atoms with Crippen LogP contribution in [0.25, 0.3) is 0 Å². The maximum Gasteiger partial charge on any atom is 0.338 e. The van der Waals surface area contributed by atoms with Crippen molar-refractivity contribution >= 4 is 34.9 Å². The van der Waals surface area contributed by atoms with Gasteiger partial charge in [0, 0.05) is 17.9 Å². The lowest BCUT2D eigenvalue weighted by molar-refractivity contribution is -0.143. The number of carbonyl (C=O) groups is 2. The van der Waals surface area contributed by atoms with Crippen LogP contribution in [0.3, 0.4) is 0 Å². The summed E-state index contributed by atoms with van der Waals surface area (Å²) in [5, 5.41) is 6.62. The molecule has 0 aromatic heterocycles. The molecular formula is C25H29N3O4S. The second kappa shape index (κ2) is 11.0. The highest BCUT2D eigenvalue weighted by atomic mass is 32.1. The molecule has 0 radical (unpaired) electrons. The van der Waals surface area contributed by atoms with Crippen LogP contribution in [0, 0.1) is 0 Å². The fourth-order valence-corrected chi connectivity index (χ4v) is 3.96. The molecule has 0 aliphatic carbocycles. The maximum absolute atomic E-state index is 12.9. The number of nitrogens with zero attached hydrogens (tertiary/aromatic N) is 1. The zero-order valence-electron chi connectivity index (χ0n) is 19.3. The number of ether oxygens (including phenoxy) is 2. The highest BCUT2D eigenvalue weighted by molar-refractivity contribution is 7.80. The Balaban J connectivity index is 1.74. The number of hydrogen-bond acceptors (Lipinski definition) is 5. The van der Waals surface area contributed by atoms with E-state index in [1.807, 2.05) is 62.9 Å². The molecule has 1 heterocycles. The van der Waals surface area contributed by atoms with Crippen molar-refractivity contribution < 1.29 is 19.1 Å². The molecule has 7 nitrogen and oxygen atoms in total. The summed E-state index contributed by atoms with van der Waals surface area (Å²) in [5.74, 6) is -0.0121. The van der Waals surface area contributed by atoms with Crippen LogP contribution in [0.5, 0.6) is 5.75 Å². The number of amides is 1. The van der Waals surface area contributed by atoms with Gasteiger partial charge in [-0.3, -0.25) is 4.79 Å². The lowest BCUT2D eigenvalue weighted by atomic mass is 9.94. The van der Waals surface area contributed by atoms with Gasteiger partial charge in [0.2, 0.25) is 0 Å². The number of hydrogen-bond donors (Lipinski definition) is 2. The van der Waals surface area contributed by atoms with Gasteiger partial charge in [0.1, 0.15) is 5.75 Å². The number of rotatable bonds is 8. The Labute approximate surface area is 199 Å². The summed E-state index contributed by atoms with van der Waals surface area (Å²) in [5.41, 5.74) is 2.75. The Kier molecular flexibility index (Phi) is 8.06. The lowest BCUT2D eigenvalue weighted by Gasteiger charge is -2.37. The van der Waals surface area contributed by atoms with Gasteiger partial charge in [-0.15, -0.1) is 0 Å². The molecule has 174 valence electrons. The largest absolute Gasteiger partial charge is 0.484 e. The van der Waals surface area contributed by atoms with E-state index in [4.69, 9.17) is 21.7 Å². The van der Waals surface area contributed by atoms with Crippen LogP contribution >= 0.6 is 12.2 Å². The van der Waals surface area contributed by atoms with Gasteiger partial charge in [-0.25, -0.2) is 4.79 Å². The van der Waals surface area contributed by atoms with E-state index in [1.165, 1.54) is 0 Å². The number of esters is 1. The van der Waals surface area contributed by atoms with Crippen molar-refractivity contribution in [1.29, 1.82) is 0 Å². The van der Waals surface area contributed by atoms with Crippen LogP contribution in [0.2, 0.25) is 0 Å². The molecule has 33 heavy (non-hydrogen) atoms.